The first-order valence-electron chi connectivity index (χ1n) is 10.5. The molecular formula is C23H21FN8O. The topological polar surface area (TPSA) is 115 Å². The molecule has 1 aliphatic heterocycles. The zero-order chi connectivity index (χ0) is 22.8. The summed E-state index contributed by atoms with van der Waals surface area (Å²) in [6.07, 6.45) is 3.03. The zero-order valence-corrected chi connectivity index (χ0v) is 17.9. The number of nitrogens with one attached hydrogen (secondary N) is 3. The van der Waals surface area contributed by atoms with Crippen LogP contribution in [0.1, 0.15) is 11.3 Å². The first-order chi connectivity index (χ1) is 16.1. The maximum atomic E-state index is 14.9. The van der Waals surface area contributed by atoms with Crippen molar-refractivity contribution in [3.63, 3.8) is 0 Å². The monoisotopic (exact) mass is 444 g/mol. The third-order valence-electron chi connectivity index (χ3n) is 5.44. The van der Waals surface area contributed by atoms with E-state index in [1.807, 2.05) is 25.1 Å². The van der Waals surface area contributed by atoms with Crippen molar-refractivity contribution in [2.45, 2.75) is 6.92 Å². The quantitative estimate of drug-likeness (QED) is 0.428. The van der Waals surface area contributed by atoms with Crippen LogP contribution in [0.5, 0.6) is 11.6 Å². The standard InChI is InChI=1S/C23H21FN8O/c1-14-10-16-18(30-14)3-4-19(21(16)24)33-23-17(11-25)22(28-13-29-23)31-20-5-2-15(12-27-20)32-8-6-26-7-9-32/h2-5,10,12-13,26,30H,6-9H2,1H3,(H,27,28,29,31). The Balaban J connectivity index is 1.39. The molecule has 0 saturated carbocycles. The van der Waals surface area contributed by atoms with Crippen molar-refractivity contribution in [1.29, 1.82) is 5.26 Å². The highest BCUT2D eigenvalue weighted by Gasteiger charge is 2.18. The number of rotatable bonds is 5. The van der Waals surface area contributed by atoms with Crippen molar-refractivity contribution in [3.8, 4) is 17.7 Å². The first kappa shape index (κ1) is 20.7. The Bertz CT molecular complexity index is 1340. The molecule has 9 nitrogen and oxygen atoms in total. The van der Waals surface area contributed by atoms with Crippen LogP contribution >= 0.6 is 0 Å². The Morgan fingerprint density at radius 1 is 1.15 bits per heavy atom. The van der Waals surface area contributed by atoms with Crippen LogP contribution < -0.4 is 20.3 Å². The molecule has 1 aromatic carbocycles. The number of aromatic amines is 1. The van der Waals surface area contributed by atoms with Gasteiger partial charge in [-0.2, -0.15) is 5.26 Å². The fraction of sp³-hybridized carbons (Fsp3) is 0.217. The predicted octanol–water partition coefficient (Wildman–Crippen LogP) is 3.62. The van der Waals surface area contributed by atoms with Crippen molar-refractivity contribution in [3.05, 3.63) is 59.9 Å². The molecule has 4 heterocycles. The number of nitriles is 1. The largest absolute Gasteiger partial charge is 0.434 e. The summed E-state index contributed by atoms with van der Waals surface area (Å²) < 4.78 is 20.6. The van der Waals surface area contributed by atoms with E-state index in [-0.39, 0.29) is 23.0 Å². The minimum Gasteiger partial charge on any atom is -0.434 e. The molecule has 5 rings (SSSR count). The van der Waals surface area contributed by atoms with Gasteiger partial charge in [-0.3, -0.25) is 0 Å². The molecule has 0 unspecified atom stereocenters. The molecule has 0 atom stereocenters. The number of halogens is 1. The summed E-state index contributed by atoms with van der Waals surface area (Å²) in [6, 6.07) is 10.8. The third-order valence-corrected chi connectivity index (χ3v) is 5.44. The molecule has 0 amide bonds. The van der Waals surface area contributed by atoms with Crippen molar-refractivity contribution in [2.75, 3.05) is 36.4 Å². The van der Waals surface area contributed by atoms with E-state index < -0.39 is 5.82 Å². The lowest BCUT2D eigenvalue weighted by molar-refractivity contribution is 0.428. The summed E-state index contributed by atoms with van der Waals surface area (Å²) in [5.41, 5.74) is 2.58. The van der Waals surface area contributed by atoms with Crippen LogP contribution in [0.2, 0.25) is 0 Å². The number of fused-ring (bicyclic) bond motifs is 1. The summed E-state index contributed by atoms with van der Waals surface area (Å²) >= 11 is 0. The number of anilines is 3. The van der Waals surface area contributed by atoms with Gasteiger partial charge in [-0.1, -0.05) is 0 Å². The molecule has 3 aromatic heterocycles. The van der Waals surface area contributed by atoms with Crippen LogP contribution in [0, 0.1) is 24.1 Å². The predicted molar refractivity (Wildman–Crippen MR) is 122 cm³/mol. The number of hydrogen-bond acceptors (Lipinski definition) is 8. The van der Waals surface area contributed by atoms with Crippen LogP contribution in [0.15, 0.2) is 42.9 Å². The number of ether oxygens (including phenoxy) is 1. The van der Waals surface area contributed by atoms with Crippen molar-refractivity contribution < 1.29 is 9.13 Å². The average molecular weight is 444 g/mol. The summed E-state index contributed by atoms with van der Waals surface area (Å²) in [5, 5.41) is 16.5. The molecule has 3 N–H and O–H groups in total. The molecule has 0 spiro atoms. The van der Waals surface area contributed by atoms with Gasteiger partial charge >= 0.3 is 0 Å². The summed E-state index contributed by atoms with van der Waals surface area (Å²) in [7, 11) is 0. The maximum Gasteiger partial charge on any atom is 0.242 e. The smallest absolute Gasteiger partial charge is 0.242 e. The van der Waals surface area contributed by atoms with Gasteiger partial charge in [0.15, 0.2) is 22.9 Å². The number of aromatic nitrogens is 4. The second kappa shape index (κ2) is 8.72. The number of pyridine rings is 1. The first-order valence-corrected chi connectivity index (χ1v) is 10.5. The molecule has 33 heavy (non-hydrogen) atoms. The SMILES string of the molecule is Cc1cc2c(F)c(Oc3ncnc(Nc4ccc(N5CCNCC5)cn4)c3C#N)ccc2[nH]1. The molecule has 1 saturated heterocycles. The Hall–Kier alpha value is -4.23. The van der Waals surface area contributed by atoms with Gasteiger partial charge in [0.2, 0.25) is 5.88 Å². The van der Waals surface area contributed by atoms with Gasteiger partial charge in [0.05, 0.1) is 11.9 Å². The Kier molecular flexibility index (Phi) is 5.46. The number of nitrogens with zero attached hydrogens (tertiary/aromatic N) is 5. The highest BCUT2D eigenvalue weighted by atomic mass is 19.1. The highest BCUT2D eigenvalue weighted by Crippen LogP contribution is 2.32. The van der Waals surface area contributed by atoms with Crippen molar-refractivity contribution >= 4 is 28.2 Å². The van der Waals surface area contributed by atoms with Gasteiger partial charge in [-0.25, -0.2) is 19.3 Å². The van der Waals surface area contributed by atoms with Gasteiger partial charge < -0.3 is 25.3 Å². The lowest BCUT2D eigenvalue weighted by atomic mass is 10.2. The third kappa shape index (κ3) is 4.14. The van der Waals surface area contributed by atoms with Crippen LogP contribution in [-0.4, -0.2) is 46.1 Å². The van der Waals surface area contributed by atoms with Crippen molar-refractivity contribution in [1.82, 2.24) is 25.3 Å². The van der Waals surface area contributed by atoms with Crippen LogP contribution in [0.25, 0.3) is 10.9 Å². The fourth-order valence-electron chi connectivity index (χ4n) is 3.80. The van der Waals surface area contributed by atoms with E-state index in [0.717, 1.165) is 37.6 Å². The zero-order valence-electron chi connectivity index (χ0n) is 17.9. The molecule has 4 aromatic rings. The Morgan fingerprint density at radius 2 is 2.00 bits per heavy atom. The lowest BCUT2D eigenvalue weighted by Gasteiger charge is -2.29. The fourth-order valence-corrected chi connectivity index (χ4v) is 3.80. The van der Waals surface area contributed by atoms with Gasteiger partial charge in [0, 0.05) is 42.8 Å². The van der Waals surface area contributed by atoms with Crippen LogP contribution in [0.4, 0.5) is 21.7 Å². The Labute approximate surface area is 189 Å². The van der Waals surface area contributed by atoms with Crippen LogP contribution in [-0.2, 0) is 0 Å². The molecule has 0 radical (unpaired) electrons. The maximum absolute atomic E-state index is 14.9. The van der Waals surface area contributed by atoms with E-state index in [4.69, 9.17) is 4.74 Å². The normalized spacial score (nSPS) is 13.7. The minimum absolute atomic E-state index is 0.0267. The Morgan fingerprint density at radius 3 is 2.76 bits per heavy atom. The summed E-state index contributed by atoms with van der Waals surface area (Å²) in [5.74, 6) is 0.146. The molecule has 0 bridgehead atoms. The van der Waals surface area contributed by atoms with E-state index in [1.165, 1.54) is 12.4 Å². The molecular weight excluding hydrogens is 423 g/mol. The number of benzene rings is 1. The molecule has 1 aliphatic rings. The second-order valence-corrected chi connectivity index (χ2v) is 7.67. The molecule has 166 valence electrons. The lowest BCUT2D eigenvalue weighted by Crippen LogP contribution is -2.43. The number of H-pyrrole nitrogens is 1. The molecule has 0 aliphatic carbocycles. The van der Waals surface area contributed by atoms with Gasteiger partial charge in [-0.15, -0.1) is 0 Å². The number of aryl methyl sites for hydroxylation is 1. The van der Waals surface area contributed by atoms with Crippen LogP contribution in [0.3, 0.4) is 0 Å². The van der Waals surface area contributed by atoms with Gasteiger partial charge in [0.1, 0.15) is 18.2 Å². The second-order valence-electron chi connectivity index (χ2n) is 7.67. The number of hydrogen-bond donors (Lipinski definition) is 3. The van der Waals surface area contributed by atoms with E-state index in [0.29, 0.717) is 16.7 Å². The van der Waals surface area contributed by atoms with Gasteiger partial charge in [0.25, 0.3) is 0 Å². The van der Waals surface area contributed by atoms with Gasteiger partial charge in [-0.05, 0) is 37.3 Å². The summed E-state index contributed by atoms with van der Waals surface area (Å²) in [4.78, 5) is 18.0. The minimum atomic E-state index is -0.529. The summed E-state index contributed by atoms with van der Waals surface area (Å²) in [6.45, 7) is 5.56. The molecule has 1 fully saturated rings. The van der Waals surface area contributed by atoms with E-state index in [2.05, 4.69) is 35.5 Å². The van der Waals surface area contributed by atoms with E-state index in [1.54, 1.807) is 18.3 Å². The highest BCUT2D eigenvalue weighted by molar-refractivity contribution is 5.83. The van der Waals surface area contributed by atoms with E-state index >= 15 is 0 Å². The van der Waals surface area contributed by atoms with E-state index in [9.17, 15) is 9.65 Å². The molecule has 10 heteroatoms. The number of piperazine rings is 1. The average Bonchev–Trinajstić information content (AvgIpc) is 3.23. The van der Waals surface area contributed by atoms with Crippen molar-refractivity contribution in [2.24, 2.45) is 0 Å².